The molecule has 0 aliphatic carbocycles. The second-order valence-corrected chi connectivity index (χ2v) is 7.56. The molecule has 2 atom stereocenters. The summed E-state index contributed by atoms with van der Waals surface area (Å²) in [6.07, 6.45) is 4.37. The SMILES string of the molecule is CCN1CCCC(NC2CCS(=O)(=O)C2)CC1. The highest BCUT2D eigenvalue weighted by Crippen LogP contribution is 2.16. The third kappa shape index (κ3) is 3.93. The third-order valence-electron chi connectivity index (χ3n) is 3.97. The Balaban J connectivity index is 1.80. The Morgan fingerprint density at radius 3 is 2.65 bits per heavy atom. The van der Waals surface area contributed by atoms with E-state index in [1.807, 2.05) is 0 Å². The van der Waals surface area contributed by atoms with Crippen molar-refractivity contribution in [1.29, 1.82) is 0 Å². The minimum absolute atomic E-state index is 0.207. The lowest BCUT2D eigenvalue weighted by Gasteiger charge is -2.21. The first-order chi connectivity index (χ1) is 8.09. The molecule has 4 nitrogen and oxygen atoms in total. The lowest BCUT2D eigenvalue weighted by atomic mass is 10.1. The van der Waals surface area contributed by atoms with Gasteiger partial charge in [-0.15, -0.1) is 0 Å². The van der Waals surface area contributed by atoms with Crippen molar-refractivity contribution in [3.05, 3.63) is 0 Å². The van der Waals surface area contributed by atoms with Gasteiger partial charge in [0.2, 0.25) is 0 Å². The first-order valence-corrected chi connectivity index (χ1v) is 8.60. The number of nitrogens with one attached hydrogen (secondary N) is 1. The van der Waals surface area contributed by atoms with Gasteiger partial charge in [-0.2, -0.15) is 0 Å². The van der Waals surface area contributed by atoms with Crippen molar-refractivity contribution in [2.24, 2.45) is 0 Å². The van der Waals surface area contributed by atoms with Crippen LogP contribution in [0.3, 0.4) is 0 Å². The Kier molecular flexibility index (Phi) is 4.44. The van der Waals surface area contributed by atoms with E-state index in [9.17, 15) is 8.42 Å². The van der Waals surface area contributed by atoms with E-state index in [4.69, 9.17) is 0 Å². The zero-order valence-corrected chi connectivity index (χ0v) is 11.5. The van der Waals surface area contributed by atoms with Gasteiger partial charge in [0.15, 0.2) is 9.84 Å². The van der Waals surface area contributed by atoms with Crippen LogP contribution in [0.25, 0.3) is 0 Å². The number of nitrogens with zero attached hydrogens (tertiary/aromatic N) is 1. The van der Waals surface area contributed by atoms with Crippen molar-refractivity contribution in [3.8, 4) is 0 Å². The quantitative estimate of drug-likeness (QED) is 0.809. The van der Waals surface area contributed by atoms with Crippen LogP contribution in [0, 0.1) is 0 Å². The maximum absolute atomic E-state index is 11.4. The molecule has 17 heavy (non-hydrogen) atoms. The monoisotopic (exact) mass is 260 g/mol. The third-order valence-corrected chi connectivity index (χ3v) is 5.74. The molecule has 5 heteroatoms. The van der Waals surface area contributed by atoms with Gasteiger partial charge < -0.3 is 10.2 Å². The van der Waals surface area contributed by atoms with Gasteiger partial charge in [0.1, 0.15) is 0 Å². The summed E-state index contributed by atoms with van der Waals surface area (Å²) in [7, 11) is -2.74. The molecule has 2 aliphatic heterocycles. The van der Waals surface area contributed by atoms with Gasteiger partial charge in [-0.1, -0.05) is 6.92 Å². The predicted molar refractivity (Wildman–Crippen MR) is 69.9 cm³/mol. The van der Waals surface area contributed by atoms with E-state index in [2.05, 4.69) is 17.1 Å². The van der Waals surface area contributed by atoms with E-state index in [1.54, 1.807) is 0 Å². The van der Waals surface area contributed by atoms with Crippen LogP contribution in [-0.4, -0.2) is 56.5 Å². The summed E-state index contributed by atoms with van der Waals surface area (Å²) in [5.41, 5.74) is 0. The summed E-state index contributed by atoms with van der Waals surface area (Å²) in [6, 6.07) is 0.725. The first-order valence-electron chi connectivity index (χ1n) is 6.78. The highest BCUT2D eigenvalue weighted by atomic mass is 32.2. The van der Waals surface area contributed by atoms with E-state index in [0.29, 0.717) is 17.5 Å². The second-order valence-electron chi connectivity index (χ2n) is 5.33. The van der Waals surface area contributed by atoms with Crippen molar-refractivity contribution < 1.29 is 8.42 Å². The molecule has 0 amide bonds. The zero-order chi connectivity index (χ0) is 12.3. The first kappa shape index (κ1) is 13.3. The van der Waals surface area contributed by atoms with Gasteiger partial charge >= 0.3 is 0 Å². The Labute approximate surface area is 105 Å². The van der Waals surface area contributed by atoms with Crippen molar-refractivity contribution in [2.75, 3.05) is 31.1 Å². The average Bonchev–Trinajstić information content (AvgIpc) is 2.51. The molecule has 0 aromatic carbocycles. The van der Waals surface area contributed by atoms with Crippen molar-refractivity contribution in [3.63, 3.8) is 0 Å². The Morgan fingerprint density at radius 1 is 1.18 bits per heavy atom. The van der Waals surface area contributed by atoms with E-state index in [-0.39, 0.29) is 6.04 Å². The number of sulfone groups is 1. The van der Waals surface area contributed by atoms with Crippen molar-refractivity contribution in [2.45, 2.75) is 44.7 Å². The zero-order valence-electron chi connectivity index (χ0n) is 10.7. The molecule has 2 heterocycles. The lowest BCUT2D eigenvalue weighted by Crippen LogP contribution is -2.39. The topological polar surface area (TPSA) is 49.4 Å². The van der Waals surface area contributed by atoms with E-state index < -0.39 is 9.84 Å². The minimum Gasteiger partial charge on any atom is -0.310 e. The standard InChI is InChI=1S/C12H24N2O2S/c1-2-14-7-3-4-11(5-8-14)13-12-6-9-17(15,16)10-12/h11-13H,2-10H2,1H3. The fourth-order valence-corrected chi connectivity index (χ4v) is 4.58. The highest BCUT2D eigenvalue weighted by molar-refractivity contribution is 7.91. The summed E-state index contributed by atoms with van der Waals surface area (Å²) in [5.74, 6) is 0.722. The summed E-state index contributed by atoms with van der Waals surface area (Å²) in [6.45, 7) is 5.67. The van der Waals surface area contributed by atoms with Gasteiger partial charge in [0.05, 0.1) is 11.5 Å². The molecule has 2 saturated heterocycles. The molecule has 0 bridgehead atoms. The van der Waals surface area contributed by atoms with Crippen LogP contribution < -0.4 is 5.32 Å². The molecule has 1 N–H and O–H groups in total. The number of hydrogen-bond donors (Lipinski definition) is 1. The molecule has 2 rings (SSSR count). The highest BCUT2D eigenvalue weighted by Gasteiger charge is 2.29. The maximum atomic E-state index is 11.4. The normalized spacial score (nSPS) is 34.6. The van der Waals surface area contributed by atoms with Crippen molar-refractivity contribution in [1.82, 2.24) is 10.2 Å². The van der Waals surface area contributed by atoms with E-state index >= 15 is 0 Å². The van der Waals surface area contributed by atoms with Gasteiger partial charge in [0, 0.05) is 12.1 Å². The second kappa shape index (κ2) is 5.67. The van der Waals surface area contributed by atoms with Crippen LogP contribution in [-0.2, 0) is 9.84 Å². The molecule has 2 aliphatic rings. The van der Waals surface area contributed by atoms with E-state index in [1.165, 1.54) is 19.4 Å². The minimum atomic E-state index is -2.74. The lowest BCUT2D eigenvalue weighted by molar-refractivity contribution is 0.295. The van der Waals surface area contributed by atoms with Crippen LogP contribution in [0.1, 0.15) is 32.6 Å². The Hall–Kier alpha value is -0.130. The summed E-state index contributed by atoms with van der Waals surface area (Å²) >= 11 is 0. The van der Waals surface area contributed by atoms with Gasteiger partial charge in [-0.3, -0.25) is 0 Å². The average molecular weight is 260 g/mol. The molecule has 0 radical (unpaired) electrons. The van der Waals surface area contributed by atoms with Crippen LogP contribution in [0.15, 0.2) is 0 Å². The molecule has 2 fully saturated rings. The molecule has 100 valence electrons. The summed E-state index contributed by atoms with van der Waals surface area (Å²) < 4.78 is 22.8. The molecule has 0 aromatic heterocycles. The molecular formula is C12H24N2O2S. The fourth-order valence-electron chi connectivity index (χ4n) is 2.90. The van der Waals surface area contributed by atoms with E-state index in [0.717, 1.165) is 25.9 Å². The van der Waals surface area contributed by atoms with Gasteiger partial charge in [0.25, 0.3) is 0 Å². The molecule has 0 aromatic rings. The fraction of sp³-hybridized carbons (Fsp3) is 1.00. The van der Waals surface area contributed by atoms with Crippen LogP contribution >= 0.6 is 0 Å². The van der Waals surface area contributed by atoms with Crippen LogP contribution in [0.2, 0.25) is 0 Å². The Morgan fingerprint density at radius 2 is 2.00 bits per heavy atom. The molecule has 0 saturated carbocycles. The summed E-state index contributed by atoms with van der Waals surface area (Å²) in [4.78, 5) is 2.48. The number of likely N-dealkylation sites (tertiary alicyclic amines) is 1. The van der Waals surface area contributed by atoms with Crippen LogP contribution in [0.5, 0.6) is 0 Å². The maximum Gasteiger partial charge on any atom is 0.151 e. The van der Waals surface area contributed by atoms with Gasteiger partial charge in [-0.25, -0.2) is 8.42 Å². The van der Waals surface area contributed by atoms with Crippen molar-refractivity contribution >= 4 is 9.84 Å². The largest absolute Gasteiger partial charge is 0.310 e. The molecule has 2 unspecified atom stereocenters. The van der Waals surface area contributed by atoms with Crippen LogP contribution in [0.4, 0.5) is 0 Å². The predicted octanol–water partition coefficient (Wildman–Crippen LogP) is 0.638. The smallest absolute Gasteiger partial charge is 0.151 e. The molecular weight excluding hydrogens is 236 g/mol. The molecule has 0 spiro atoms. The van der Waals surface area contributed by atoms with Gasteiger partial charge in [-0.05, 0) is 45.3 Å². The number of rotatable bonds is 3. The Bertz CT molecular complexity index is 342. The number of hydrogen-bond acceptors (Lipinski definition) is 4. The summed E-state index contributed by atoms with van der Waals surface area (Å²) in [5, 5.41) is 3.55.